The SMILES string of the molecule is O=C1Cc2cc3ccccc3cc2C(=O)C1CO. The maximum absolute atomic E-state index is 12.1. The molecule has 0 radical (unpaired) electrons. The molecular weight excluding hydrogens is 228 g/mol. The highest BCUT2D eigenvalue weighted by atomic mass is 16.3. The zero-order valence-electron chi connectivity index (χ0n) is 9.72. The third-order valence-corrected chi connectivity index (χ3v) is 3.49. The quantitative estimate of drug-likeness (QED) is 0.773. The molecule has 3 nitrogen and oxygen atoms in total. The Balaban J connectivity index is 2.22. The van der Waals surface area contributed by atoms with E-state index in [2.05, 4.69) is 0 Å². The lowest BCUT2D eigenvalue weighted by Gasteiger charge is -2.21. The van der Waals surface area contributed by atoms with E-state index in [4.69, 9.17) is 5.11 Å². The number of hydrogen-bond acceptors (Lipinski definition) is 3. The highest BCUT2D eigenvalue weighted by Gasteiger charge is 2.33. The second kappa shape index (κ2) is 4.03. The molecule has 1 N–H and O–H groups in total. The van der Waals surface area contributed by atoms with E-state index in [-0.39, 0.29) is 18.0 Å². The van der Waals surface area contributed by atoms with E-state index < -0.39 is 12.5 Å². The van der Waals surface area contributed by atoms with Gasteiger partial charge < -0.3 is 5.11 Å². The maximum Gasteiger partial charge on any atom is 0.175 e. The van der Waals surface area contributed by atoms with E-state index >= 15 is 0 Å². The van der Waals surface area contributed by atoms with Crippen LogP contribution < -0.4 is 0 Å². The Morgan fingerprint density at radius 2 is 1.78 bits per heavy atom. The van der Waals surface area contributed by atoms with E-state index in [0.717, 1.165) is 16.3 Å². The Kier molecular flexibility index (Phi) is 2.49. The molecule has 0 aliphatic heterocycles. The average Bonchev–Trinajstić information content (AvgIpc) is 2.37. The van der Waals surface area contributed by atoms with Gasteiger partial charge in [-0.1, -0.05) is 24.3 Å². The Morgan fingerprint density at radius 1 is 1.11 bits per heavy atom. The number of Topliss-reactive ketones (excluding diaryl/α,β-unsaturated/α-hetero) is 2. The molecule has 0 heterocycles. The molecule has 1 aliphatic carbocycles. The van der Waals surface area contributed by atoms with E-state index in [0.29, 0.717) is 5.56 Å². The Morgan fingerprint density at radius 3 is 2.44 bits per heavy atom. The monoisotopic (exact) mass is 240 g/mol. The van der Waals surface area contributed by atoms with Crippen molar-refractivity contribution in [2.45, 2.75) is 6.42 Å². The van der Waals surface area contributed by atoms with E-state index in [1.165, 1.54) is 0 Å². The summed E-state index contributed by atoms with van der Waals surface area (Å²) in [6.45, 7) is -0.399. The molecule has 2 aromatic carbocycles. The summed E-state index contributed by atoms with van der Waals surface area (Å²) in [6.07, 6.45) is 0.233. The lowest BCUT2D eigenvalue weighted by atomic mass is 9.81. The molecule has 0 saturated heterocycles. The minimum Gasteiger partial charge on any atom is -0.395 e. The first-order valence-electron chi connectivity index (χ1n) is 5.90. The third-order valence-electron chi connectivity index (χ3n) is 3.49. The van der Waals surface area contributed by atoms with Crippen molar-refractivity contribution in [1.29, 1.82) is 0 Å². The number of benzene rings is 2. The van der Waals surface area contributed by atoms with Crippen LogP contribution in [0.15, 0.2) is 36.4 Å². The molecule has 90 valence electrons. The van der Waals surface area contributed by atoms with Crippen LogP contribution in [0, 0.1) is 5.92 Å². The fourth-order valence-corrected chi connectivity index (χ4v) is 2.49. The summed E-state index contributed by atoms with van der Waals surface area (Å²) in [5.41, 5.74) is 1.35. The molecule has 3 heteroatoms. The fourth-order valence-electron chi connectivity index (χ4n) is 2.49. The highest BCUT2D eigenvalue weighted by molar-refractivity contribution is 6.16. The molecule has 0 bridgehead atoms. The predicted molar refractivity (Wildman–Crippen MR) is 67.6 cm³/mol. The summed E-state index contributed by atoms with van der Waals surface area (Å²) in [7, 11) is 0. The van der Waals surface area contributed by atoms with Gasteiger partial charge in [-0.3, -0.25) is 9.59 Å². The van der Waals surface area contributed by atoms with Gasteiger partial charge >= 0.3 is 0 Å². The summed E-state index contributed by atoms with van der Waals surface area (Å²) >= 11 is 0. The summed E-state index contributed by atoms with van der Waals surface area (Å²) in [6, 6.07) is 11.5. The fraction of sp³-hybridized carbons (Fsp3) is 0.200. The number of carbonyl (C=O) groups excluding carboxylic acids is 2. The smallest absolute Gasteiger partial charge is 0.175 e. The molecule has 0 aromatic heterocycles. The van der Waals surface area contributed by atoms with Crippen LogP contribution in [0.4, 0.5) is 0 Å². The second-order valence-electron chi connectivity index (χ2n) is 4.60. The molecule has 18 heavy (non-hydrogen) atoms. The second-order valence-corrected chi connectivity index (χ2v) is 4.60. The Bertz CT molecular complexity index is 658. The average molecular weight is 240 g/mol. The van der Waals surface area contributed by atoms with Crippen LogP contribution in [0.3, 0.4) is 0 Å². The van der Waals surface area contributed by atoms with Crippen molar-refractivity contribution < 1.29 is 14.7 Å². The molecule has 0 spiro atoms. The van der Waals surface area contributed by atoms with Crippen molar-refractivity contribution in [3.8, 4) is 0 Å². The largest absolute Gasteiger partial charge is 0.395 e. The van der Waals surface area contributed by atoms with Crippen LogP contribution in [-0.2, 0) is 11.2 Å². The van der Waals surface area contributed by atoms with E-state index in [9.17, 15) is 9.59 Å². The number of hydrogen-bond donors (Lipinski definition) is 1. The van der Waals surface area contributed by atoms with E-state index in [1.807, 2.05) is 36.4 Å². The van der Waals surface area contributed by atoms with Crippen molar-refractivity contribution in [2.24, 2.45) is 5.92 Å². The number of fused-ring (bicyclic) bond motifs is 2. The molecule has 1 aliphatic rings. The Hall–Kier alpha value is -2.00. The topological polar surface area (TPSA) is 54.4 Å². The van der Waals surface area contributed by atoms with Crippen LogP contribution in [0.1, 0.15) is 15.9 Å². The standard InChI is InChI=1S/C15H12O3/c16-8-13-14(17)7-11-5-9-3-1-2-4-10(9)6-12(11)15(13)18/h1-6,13,16H,7-8H2. The van der Waals surface area contributed by atoms with Gasteiger partial charge in [0.25, 0.3) is 0 Å². The molecule has 0 saturated carbocycles. The maximum atomic E-state index is 12.1. The van der Waals surface area contributed by atoms with Crippen molar-refractivity contribution in [2.75, 3.05) is 6.61 Å². The van der Waals surface area contributed by atoms with Crippen molar-refractivity contribution in [1.82, 2.24) is 0 Å². The predicted octanol–water partition coefficient (Wildman–Crippen LogP) is 1.76. The highest BCUT2D eigenvalue weighted by Crippen LogP contribution is 2.27. The molecular formula is C15H12O3. The molecule has 0 amide bonds. The number of aliphatic hydroxyl groups excluding tert-OH is 1. The number of aliphatic hydroxyl groups is 1. The van der Waals surface area contributed by atoms with Crippen LogP contribution in [0.5, 0.6) is 0 Å². The summed E-state index contributed by atoms with van der Waals surface area (Å²) in [5, 5.41) is 11.1. The number of rotatable bonds is 1. The van der Waals surface area contributed by atoms with Gasteiger partial charge in [0, 0.05) is 12.0 Å². The Labute approximate surface area is 104 Å². The van der Waals surface area contributed by atoms with Gasteiger partial charge in [0.1, 0.15) is 11.7 Å². The minimum atomic E-state index is -0.876. The van der Waals surface area contributed by atoms with Crippen LogP contribution >= 0.6 is 0 Å². The molecule has 3 rings (SSSR count). The summed E-state index contributed by atoms with van der Waals surface area (Å²) in [4.78, 5) is 23.9. The van der Waals surface area contributed by atoms with Crippen molar-refractivity contribution >= 4 is 22.3 Å². The van der Waals surface area contributed by atoms with Gasteiger partial charge in [-0.05, 0) is 28.5 Å². The van der Waals surface area contributed by atoms with Gasteiger partial charge in [-0.15, -0.1) is 0 Å². The van der Waals surface area contributed by atoms with Crippen LogP contribution in [0.25, 0.3) is 10.8 Å². The lowest BCUT2D eigenvalue weighted by molar-refractivity contribution is -0.122. The zero-order valence-corrected chi connectivity index (χ0v) is 9.72. The summed E-state index contributed by atoms with van der Waals surface area (Å²) in [5.74, 6) is -1.32. The number of ketones is 2. The van der Waals surface area contributed by atoms with Gasteiger partial charge in [-0.2, -0.15) is 0 Å². The van der Waals surface area contributed by atoms with Crippen molar-refractivity contribution in [3.05, 3.63) is 47.5 Å². The van der Waals surface area contributed by atoms with Crippen LogP contribution in [0.2, 0.25) is 0 Å². The van der Waals surface area contributed by atoms with Gasteiger partial charge in [0.2, 0.25) is 0 Å². The minimum absolute atomic E-state index is 0.190. The third kappa shape index (κ3) is 1.56. The normalized spacial score (nSPS) is 19.1. The van der Waals surface area contributed by atoms with Gasteiger partial charge in [0.05, 0.1) is 6.61 Å². The lowest BCUT2D eigenvalue weighted by Crippen LogP contribution is -2.34. The first kappa shape index (κ1) is 11.1. The summed E-state index contributed by atoms with van der Waals surface area (Å²) < 4.78 is 0. The van der Waals surface area contributed by atoms with Crippen LogP contribution in [-0.4, -0.2) is 23.3 Å². The molecule has 0 fully saturated rings. The first-order chi connectivity index (χ1) is 8.70. The zero-order chi connectivity index (χ0) is 12.7. The van der Waals surface area contributed by atoms with Crippen molar-refractivity contribution in [3.63, 3.8) is 0 Å². The van der Waals surface area contributed by atoms with Gasteiger partial charge in [0.15, 0.2) is 5.78 Å². The molecule has 2 aromatic rings. The first-order valence-corrected chi connectivity index (χ1v) is 5.90. The van der Waals surface area contributed by atoms with E-state index in [1.54, 1.807) is 0 Å². The number of carbonyl (C=O) groups is 2. The molecule has 1 atom stereocenters. The molecule has 1 unspecified atom stereocenters. The van der Waals surface area contributed by atoms with Gasteiger partial charge in [-0.25, -0.2) is 0 Å².